The first-order chi connectivity index (χ1) is 12.0. The molecule has 2 rings (SSSR count). The van der Waals surface area contributed by atoms with E-state index in [4.69, 9.17) is 16.3 Å². The van der Waals surface area contributed by atoms with E-state index in [1.165, 1.54) is 0 Å². The molecule has 132 valence electrons. The molecule has 6 heteroatoms. The molecule has 0 aliphatic heterocycles. The van der Waals surface area contributed by atoms with Crippen LogP contribution in [0.25, 0.3) is 0 Å². The van der Waals surface area contributed by atoms with E-state index in [0.29, 0.717) is 22.9 Å². The molecule has 0 heterocycles. The summed E-state index contributed by atoms with van der Waals surface area (Å²) in [4.78, 5) is 24.1. The van der Waals surface area contributed by atoms with Crippen molar-refractivity contribution < 1.29 is 14.3 Å². The van der Waals surface area contributed by atoms with Crippen LogP contribution in [-0.4, -0.2) is 25.0 Å². The number of carbonyl (C=O) groups excluding carboxylic acids is 2. The molecule has 0 aliphatic rings. The lowest BCUT2D eigenvalue weighted by molar-refractivity contribution is -0.120. The van der Waals surface area contributed by atoms with Crippen molar-refractivity contribution in [2.75, 3.05) is 13.2 Å². The molecular formula is C19H21ClN2O3. The molecule has 5 nitrogen and oxygen atoms in total. The summed E-state index contributed by atoms with van der Waals surface area (Å²) >= 11 is 6.11. The van der Waals surface area contributed by atoms with Crippen LogP contribution in [0.2, 0.25) is 5.02 Å². The van der Waals surface area contributed by atoms with Gasteiger partial charge in [0, 0.05) is 10.6 Å². The van der Waals surface area contributed by atoms with Crippen LogP contribution in [-0.2, 0) is 4.79 Å². The highest BCUT2D eigenvalue weighted by Gasteiger charge is 2.13. The van der Waals surface area contributed by atoms with Gasteiger partial charge in [-0.25, -0.2) is 0 Å². The normalized spacial score (nSPS) is 11.5. The summed E-state index contributed by atoms with van der Waals surface area (Å²) in [6.07, 6.45) is 0. The van der Waals surface area contributed by atoms with Crippen LogP contribution in [0.15, 0.2) is 48.5 Å². The van der Waals surface area contributed by atoms with E-state index >= 15 is 0 Å². The molecule has 0 saturated carbocycles. The van der Waals surface area contributed by atoms with Crippen LogP contribution in [0.4, 0.5) is 0 Å². The lowest BCUT2D eigenvalue weighted by atomic mass is 10.1. The molecule has 0 spiro atoms. The molecule has 0 aliphatic carbocycles. The van der Waals surface area contributed by atoms with Gasteiger partial charge >= 0.3 is 0 Å². The summed E-state index contributed by atoms with van der Waals surface area (Å²) in [6, 6.07) is 13.8. The van der Waals surface area contributed by atoms with Gasteiger partial charge in [0.1, 0.15) is 5.75 Å². The van der Waals surface area contributed by atoms with Gasteiger partial charge in [-0.2, -0.15) is 0 Å². The molecular weight excluding hydrogens is 340 g/mol. The first-order valence-electron chi connectivity index (χ1n) is 8.06. The molecule has 0 aromatic heterocycles. The number of halogens is 1. The van der Waals surface area contributed by atoms with Gasteiger partial charge in [0.05, 0.1) is 19.2 Å². The predicted octanol–water partition coefficient (Wildman–Crippen LogP) is 3.35. The van der Waals surface area contributed by atoms with Crippen LogP contribution in [0.3, 0.4) is 0 Å². The molecule has 0 saturated heterocycles. The molecule has 0 bridgehead atoms. The summed E-state index contributed by atoms with van der Waals surface area (Å²) in [5.74, 6) is 0.0978. The zero-order valence-electron chi connectivity index (χ0n) is 14.2. The SMILES string of the molecule is CCOc1ccc(C(=O)NCC(=O)NC(C)c2ccccc2Cl)cc1. The summed E-state index contributed by atoms with van der Waals surface area (Å²) in [7, 11) is 0. The smallest absolute Gasteiger partial charge is 0.251 e. The number of carbonyl (C=O) groups is 2. The van der Waals surface area contributed by atoms with Gasteiger partial charge in [-0.1, -0.05) is 29.8 Å². The monoisotopic (exact) mass is 360 g/mol. The number of amides is 2. The number of hydrogen-bond donors (Lipinski definition) is 2. The van der Waals surface area contributed by atoms with Crippen LogP contribution in [0.5, 0.6) is 5.75 Å². The average Bonchev–Trinajstić information content (AvgIpc) is 2.61. The Morgan fingerprint density at radius 1 is 1.12 bits per heavy atom. The van der Waals surface area contributed by atoms with Crippen molar-refractivity contribution in [1.82, 2.24) is 10.6 Å². The maximum atomic E-state index is 12.1. The van der Waals surface area contributed by atoms with Crippen molar-refractivity contribution in [3.8, 4) is 5.75 Å². The third-order valence-electron chi connectivity index (χ3n) is 3.59. The topological polar surface area (TPSA) is 67.4 Å². The van der Waals surface area contributed by atoms with Crippen molar-refractivity contribution >= 4 is 23.4 Å². The largest absolute Gasteiger partial charge is 0.494 e. The van der Waals surface area contributed by atoms with Crippen molar-refractivity contribution in [3.05, 3.63) is 64.7 Å². The highest BCUT2D eigenvalue weighted by molar-refractivity contribution is 6.31. The Morgan fingerprint density at radius 3 is 2.44 bits per heavy atom. The van der Waals surface area contributed by atoms with Crippen molar-refractivity contribution in [3.63, 3.8) is 0 Å². The Bertz CT molecular complexity index is 732. The summed E-state index contributed by atoms with van der Waals surface area (Å²) in [5, 5.41) is 6.00. The molecule has 2 aromatic rings. The van der Waals surface area contributed by atoms with E-state index in [-0.39, 0.29) is 24.4 Å². The van der Waals surface area contributed by atoms with Gasteiger partial charge in [-0.15, -0.1) is 0 Å². The Balaban J connectivity index is 1.84. The van der Waals surface area contributed by atoms with Crippen LogP contribution >= 0.6 is 11.6 Å². The fourth-order valence-corrected chi connectivity index (χ4v) is 2.63. The minimum Gasteiger partial charge on any atom is -0.494 e. The molecule has 2 aromatic carbocycles. The first-order valence-corrected chi connectivity index (χ1v) is 8.44. The molecule has 2 N–H and O–H groups in total. The number of ether oxygens (including phenoxy) is 1. The second-order valence-electron chi connectivity index (χ2n) is 5.45. The van der Waals surface area contributed by atoms with Crippen LogP contribution in [0, 0.1) is 0 Å². The zero-order valence-corrected chi connectivity index (χ0v) is 15.0. The Morgan fingerprint density at radius 2 is 1.80 bits per heavy atom. The fourth-order valence-electron chi connectivity index (χ4n) is 2.33. The first kappa shape index (κ1) is 18.8. The molecule has 2 amide bonds. The third kappa shape index (κ3) is 5.50. The minimum absolute atomic E-state index is 0.110. The highest BCUT2D eigenvalue weighted by atomic mass is 35.5. The Labute approximate surface area is 152 Å². The van der Waals surface area contributed by atoms with Crippen molar-refractivity contribution in [2.45, 2.75) is 19.9 Å². The van der Waals surface area contributed by atoms with Crippen molar-refractivity contribution in [2.24, 2.45) is 0 Å². The molecule has 0 fully saturated rings. The van der Waals surface area contributed by atoms with E-state index in [0.717, 1.165) is 5.56 Å². The van der Waals surface area contributed by atoms with Crippen LogP contribution < -0.4 is 15.4 Å². The Kier molecular flexibility index (Phi) is 6.83. The maximum absolute atomic E-state index is 12.1. The molecule has 1 atom stereocenters. The standard InChI is InChI=1S/C19H21ClN2O3/c1-3-25-15-10-8-14(9-11-15)19(24)21-12-18(23)22-13(2)16-6-4-5-7-17(16)20/h4-11,13H,3,12H2,1-2H3,(H,21,24)(H,22,23). The average molecular weight is 361 g/mol. The lowest BCUT2D eigenvalue weighted by Crippen LogP contribution is -2.38. The van der Waals surface area contributed by atoms with Crippen molar-refractivity contribution in [1.29, 1.82) is 0 Å². The quantitative estimate of drug-likeness (QED) is 0.795. The van der Waals surface area contributed by atoms with E-state index in [9.17, 15) is 9.59 Å². The lowest BCUT2D eigenvalue weighted by Gasteiger charge is -2.16. The number of rotatable bonds is 7. The Hall–Kier alpha value is -2.53. The second-order valence-corrected chi connectivity index (χ2v) is 5.86. The van der Waals surface area contributed by atoms with E-state index in [1.807, 2.05) is 32.0 Å². The van der Waals surface area contributed by atoms with Gasteiger partial charge in [0.2, 0.25) is 5.91 Å². The second kappa shape index (κ2) is 9.08. The molecule has 0 radical (unpaired) electrons. The van der Waals surface area contributed by atoms with Gasteiger partial charge in [0.25, 0.3) is 5.91 Å². The molecule has 1 unspecified atom stereocenters. The summed E-state index contributed by atoms with van der Waals surface area (Å²) < 4.78 is 5.33. The van der Waals surface area contributed by atoms with E-state index < -0.39 is 0 Å². The third-order valence-corrected chi connectivity index (χ3v) is 3.93. The van der Waals surface area contributed by atoms with Gasteiger partial charge in [0.15, 0.2) is 0 Å². The van der Waals surface area contributed by atoms with Crippen LogP contribution in [0.1, 0.15) is 35.8 Å². The highest BCUT2D eigenvalue weighted by Crippen LogP contribution is 2.21. The number of nitrogens with one attached hydrogen (secondary N) is 2. The fraction of sp³-hybridized carbons (Fsp3) is 0.263. The maximum Gasteiger partial charge on any atom is 0.251 e. The number of benzene rings is 2. The zero-order chi connectivity index (χ0) is 18.2. The molecule has 25 heavy (non-hydrogen) atoms. The summed E-state index contributed by atoms with van der Waals surface area (Å²) in [6.45, 7) is 4.19. The van der Waals surface area contributed by atoms with E-state index in [2.05, 4.69) is 10.6 Å². The predicted molar refractivity (Wildman–Crippen MR) is 98.0 cm³/mol. The van der Waals surface area contributed by atoms with Gasteiger partial charge in [-0.3, -0.25) is 9.59 Å². The summed E-state index contributed by atoms with van der Waals surface area (Å²) in [5.41, 5.74) is 1.30. The van der Waals surface area contributed by atoms with Gasteiger partial charge in [-0.05, 0) is 49.7 Å². The van der Waals surface area contributed by atoms with E-state index in [1.54, 1.807) is 30.3 Å². The minimum atomic E-state index is -0.316. The van der Waals surface area contributed by atoms with Gasteiger partial charge < -0.3 is 15.4 Å². The number of hydrogen-bond acceptors (Lipinski definition) is 3.